The Hall–Kier alpha value is -0.0400. The number of carbonyl (C=O) groups excluding carboxylic acids is 1. The molecule has 0 fully saturated rings. The lowest BCUT2D eigenvalue weighted by Crippen LogP contribution is -2.35. The molecule has 6 heteroatoms. The van der Waals surface area contributed by atoms with E-state index in [-0.39, 0.29) is 0 Å². The average Bonchev–Trinajstić information content (AvgIpc) is 1.84. The zero-order valence-corrected chi connectivity index (χ0v) is 7.67. The van der Waals surface area contributed by atoms with Crippen LogP contribution in [0, 0.1) is 0 Å². The summed E-state index contributed by atoms with van der Waals surface area (Å²) in [6.07, 6.45) is 0. The standard InChI is InChI=1S/C4H5ClINO3/c5-1(3(7)8)2(6)4(9)10/h1-2H,(H2,7,8)(H,9,10). The molecule has 0 aliphatic heterocycles. The first-order valence-corrected chi connectivity index (χ1v) is 3.95. The van der Waals surface area contributed by atoms with Crippen LogP contribution in [0.4, 0.5) is 0 Å². The van der Waals surface area contributed by atoms with Crippen molar-refractivity contribution in [2.24, 2.45) is 5.73 Å². The van der Waals surface area contributed by atoms with E-state index in [1.54, 1.807) is 22.6 Å². The average molecular weight is 277 g/mol. The van der Waals surface area contributed by atoms with Gasteiger partial charge >= 0.3 is 5.97 Å². The summed E-state index contributed by atoms with van der Waals surface area (Å²) in [7, 11) is 0. The van der Waals surface area contributed by atoms with Crippen molar-refractivity contribution in [3.63, 3.8) is 0 Å². The van der Waals surface area contributed by atoms with Crippen molar-refractivity contribution in [1.82, 2.24) is 0 Å². The van der Waals surface area contributed by atoms with Gasteiger partial charge < -0.3 is 10.8 Å². The largest absolute Gasteiger partial charge is 0.480 e. The highest BCUT2D eigenvalue weighted by molar-refractivity contribution is 14.1. The van der Waals surface area contributed by atoms with E-state index in [9.17, 15) is 9.59 Å². The zero-order chi connectivity index (χ0) is 8.31. The first-order valence-electron chi connectivity index (χ1n) is 2.27. The molecule has 0 aromatic heterocycles. The van der Waals surface area contributed by atoms with E-state index >= 15 is 0 Å². The Morgan fingerprint density at radius 1 is 1.60 bits per heavy atom. The van der Waals surface area contributed by atoms with Crippen molar-refractivity contribution in [2.45, 2.75) is 9.30 Å². The van der Waals surface area contributed by atoms with Gasteiger partial charge in [-0.15, -0.1) is 11.6 Å². The fraction of sp³-hybridized carbons (Fsp3) is 0.500. The highest BCUT2D eigenvalue weighted by Crippen LogP contribution is 2.12. The Bertz CT molecular complexity index is 145. The molecule has 0 radical (unpaired) electrons. The van der Waals surface area contributed by atoms with Gasteiger partial charge in [0.05, 0.1) is 0 Å². The molecule has 0 aromatic rings. The lowest BCUT2D eigenvalue weighted by Gasteiger charge is -2.06. The highest BCUT2D eigenvalue weighted by Gasteiger charge is 2.27. The minimum Gasteiger partial charge on any atom is -0.480 e. The number of aliphatic carboxylic acids is 1. The number of carbonyl (C=O) groups is 2. The maximum atomic E-state index is 10.3. The molecular weight excluding hydrogens is 272 g/mol. The third-order valence-corrected chi connectivity index (χ3v) is 2.91. The van der Waals surface area contributed by atoms with E-state index in [0.717, 1.165) is 0 Å². The fourth-order valence-electron chi connectivity index (χ4n) is 0.269. The number of rotatable bonds is 3. The molecule has 0 heterocycles. The molecule has 0 aliphatic rings. The van der Waals surface area contributed by atoms with Crippen molar-refractivity contribution in [2.75, 3.05) is 0 Å². The van der Waals surface area contributed by atoms with E-state index in [4.69, 9.17) is 22.4 Å². The number of hydrogen-bond donors (Lipinski definition) is 2. The summed E-state index contributed by atoms with van der Waals surface area (Å²) in [6.45, 7) is 0. The van der Waals surface area contributed by atoms with Crippen LogP contribution in [0.25, 0.3) is 0 Å². The fourth-order valence-corrected chi connectivity index (χ4v) is 0.732. The SMILES string of the molecule is NC(=O)C(Cl)C(I)C(=O)O. The zero-order valence-electron chi connectivity index (χ0n) is 4.75. The maximum absolute atomic E-state index is 10.3. The number of alkyl halides is 2. The Morgan fingerprint density at radius 2 is 2.00 bits per heavy atom. The summed E-state index contributed by atoms with van der Waals surface area (Å²) in [4.78, 5) is 20.4. The summed E-state index contributed by atoms with van der Waals surface area (Å²) in [5, 5.41) is 7.16. The number of amides is 1. The van der Waals surface area contributed by atoms with Crippen LogP contribution in [-0.2, 0) is 9.59 Å². The Morgan fingerprint density at radius 3 is 2.10 bits per heavy atom. The third kappa shape index (κ3) is 2.70. The van der Waals surface area contributed by atoms with Crippen LogP contribution in [0.2, 0.25) is 0 Å². The van der Waals surface area contributed by atoms with Gasteiger partial charge in [-0.3, -0.25) is 9.59 Å². The van der Waals surface area contributed by atoms with Crippen LogP contribution < -0.4 is 5.73 Å². The molecule has 0 saturated carbocycles. The minimum atomic E-state index is -1.14. The molecular formula is C4H5ClINO3. The Balaban J connectivity index is 4.07. The topological polar surface area (TPSA) is 80.4 Å². The molecule has 58 valence electrons. The summed E-state index contributed by atoms with van der Waals surface area (Å²) >= 11 is 6.84. The molecule has 0 aliphatic carbocycles. The van der Waals surface area contributed by atoms with Gasteiger partial charge in [-0.25, -0.2) is 0 Å². The van der Waals surface area contributed by atoms with Gasteiger partial charge in [0.1, 0.15) is 9.30 Å². The lowest BCUT2D eigenvalue weighted by molar-refractivity contribution is -0.137. The van der Waals surface area contributed by atoms with Gasteiger partial charge in [0.15, 0.2) is 0 Å². The summed E-state index contributed by atoms with van der Waals surface area (Å²) in [5.74, 6) is -1.96. The van der Waals surface area contributed by atoms with Crippen molar-refractivity contribution in [3.05, 3.63) is 0 Å². The number of hydrogen-bond acceptors (Lipinski definition) is 2. The van der Waals surface area contributed by atoms with Crippen molar-refractivity contribution in [3.8, 4) is 0 Å². The van der Waals surface area contributed by atoms with Crippen LogP contribution in [0.5, 0.6) is 0 Å². The monoisotopic (exact) mass is 277 g/mol. The summed E-state index contributed by atoms with van der Waals surface area (Å²) in [6, 6.07) is 0. The molecule has 0 aromatic carbocycles. The van der Waals surface area contributed by atoms with Gasteiger partial charge in [0.25, 0.3) is 0 Å². The first-order chi connectivity index (χ1) is 4.46. The third-order valence-electron chi connectivity index (χ3n) is 0.765. The first kappa shape index (κ1) is 9.96. The van der Waals surface area contributed by atoms with Gasteiger partial charge in [0.2, 0.25) is 5.91 Å². The smallest absolute Gasteiger partial charge is 0.318 e. The summed E-state index contributed by atoms with van der Waals surface area (Å²) < 4.78 is -0.961. The second-order valence-electron chi connectivity index (χ2n) is 1.54. The summed E-state index contributed by atoms with van der Waals surface area (Å²) in [5.41, 5.74) is 4.74. The second kappa shape index (κ2) is 3.97. The molecule has 0 saturated heterocycles. The molecule has 0 rings (SSSR count). The van der Waals surface area contributed by atoms with E-state index in [0.29, 0.717) is 0 Å². The Labute approximate surface area is 75.9 Å². The molecule has 2 unspecified atom stereocenters. The predicted molar refractivity (Wildman–Crippen MR) is 44.3 cm³/mol. The van der Waals surface area contributed by atoms with Gasteiger partial charge in [-0.05, 0) is 0 Å². The van der Waals surface area contributed by atoms with Crippen LogP contribution in [0.3, 0.4) is 0 Å². The van der Waals surface area contributed by atoms with E-state index in [2.05, 4.69) is 0 Å². The second-order valence-corrected chi connectivity index (χ2v) is 3.36. The van der Waals surface area contributed by atoms with Crippen LogP contribution in [0.15, 0.2) is 0 Å². The molecule has 1 amide bonds. The number of halogens is 2. The molecule has 0 bridgehead atoms. The molecule has 4 nitrogen and oxygen atoms in total. The predicted octanol–water partition coefficient (Wildman–Crippen LogP) is -0.0327. The molecule has 2 atom stereocenters. The number of nitrogens with two attached hydrogens (primary N) is 1. The van der Waals surface area contributed by atoms with Gasteiger partial charge in [-0.2, -0.15) is 0 Å². The molecule has 3 N–H and O–H groups in total. The van der Waals surface area contributed by atoms with Gasteiger partial charge in [-0.1, -0.05) is 22.6 Å². The molecule has 10 heavy (non-hydrogen) atoms. The maximum Gasteiger partial charge on any atom is 0.318 e. The number of primary amides is 1. The van der Waals surface area contributed by atoms with Crippen molar-refractivity contribution >= 4 is 46.1 Å². The van der Waals surface area contributed by atoms with E-state index in [1.807, 2.05) is 0 Å². The normalized spacial score (nSPS) is 15.8. The van der Waals surface area contributed by atoms with Crippen molar-refractivity contribution in [1.29, 1.82) is 0 Å². The lowest BCUT2D eigenvalue weighted by atomic mass is 10.3. The quantitative estimate of drug-likeness (QED) is 0.561. The minimum absolute atomic E-state index is 0.816. The van der Waals surface area contributed by atoms with Crippen LogP contribution >= 0.6 is 34.2 Å². The van der Waals surface area contributed by atoms with Crippen molar-refractivity contribution < 1.29 is 14.7 Å². The van der Waals surface area contributed by atoms with E-state index in [1.165, 1.54) is 0 Å². The molecule has 0 spiro atoms. The van der Waals surface area contributed by atoms with E-state index < -0.39 is 21.2 Å². The number of carboxylic acids is 1. The van der Waals surface area contributed by atoms with Crippen LogP contribution in [-0.4, -0.2) is 26.3 Å². The number of carboxylic acid groups (broad SMARTS) is 1. The Kier molecular flexibility index (Phi) is 3.95. The van der Waals surface area contributed by atoms with Crippen LogP contribution in [0.1, 0.15) is 0 Å². The van der Waals surface area contributed by atoms with Gasteiger partial charge in [0, 0.05) is 0 Å². The highest BCUT2D eigenvalue weighted by atomic mass is 127.